The van der Waals surface area contributed by atoms with Crippen LogP contribution in [0.4, 0.5) is 0 Å². The molecule has 0 saturated heterocycles. The number of hydrogen-bond acceptors (Lipinski definition) is 4. The maximum absolute atomic E-state index is 9.87. The average molecular weight is 225 g/mol. The van der Waals surface area contributed by atoms with Crippen LogP contribution in [-0.4, -0.2) is 35.0 Å². The fourth-order valence-corrected chi connectivity index (χ4v) is 1.53. The van der Waals surface area contributed by atoms with Crippen LogP contribution in [-0.2, 0) is 0 Å². The Labute approximate surface area is 95.6 Å². The molecule has 1 rings (SSSR count). The highest BCUT2D eigenvalue weighted by Crippen LogP contribution is 2.24. The Kier molecular flexibility index (Phi) is 4.73. The molecule has 0 bridgehead atoms. The fourth-order valence-electron chi connectivity index (χ4n) is 1.53. The first-order valence-electron chi connectivity index (χ1n) is 5.36. The van der Waals surface area contributed by atoms with E-state index in [4.69, 9.17) is 0 Å². The minimum absolute atomic E-state index is 0.195. The van der Waals surface area contributed by atoms with Crippen molar-refractivity contribution in [3.05, 3.63) is 29.3 Å². The van der Waals surface area contributed by atoms with Gasteiger partial charge in [0.05, 0.1) is 6.10 Å². The Morgan fingerprint density at radius 1 is 1.31 bits per heavy atom. The number of aliphatic hydroxyl groups excluding tert-OH is 2. The van der Waals surface area contributed by atoms with Gasteiger partial charge in [-0.25, -0.2) is 0 Å². The molecule has 0 fully saturated rings. The van der Waals surface area contributed by atoms with Crippen LogP contribution < -0.4 is 5.32 Å². The summed E-state index contributed by atoms with van der Waals surface area (Å²) in [6.45, 7) is 2.40. The Bertz CT molecular complexity index is 341. The molecule has 0 amide bonds. The second kappa shape index (κ2) is 5.84. The normalized spacial score (nSPS) is 14.8. The molecule has 4 N–H and O–H groups in total. The number of phenols is 1. The number of phenolic OH excluding ortho intramolecular Hbond substituents is 1. The summed E-state index contributed by atoms with van der Waals surface area (Å²) in [6, 6.07) is 4.83. The molecule has 4 nitrogen and oxygen atoms in total. The van der Waals surface area contributed by atoms with Crippen LogP contribution in [0.25, 0.3) is 0 Å². The Morgan fingerprint density at radius 3 is 2.56 bits per heavy atom. The number of aliphatic hydroxyl groups is 2. The lowest BCUT2D eigenvalue weighted by Gasteiger charge is -2.18. The molecule has 4 heteroatoms. The van der Waals surface area contributed by atoms with Crippen LogP contribution in [0, 0.1) is 6.92 Å². The number of rotatable bonds is 5. The van der Waals surface area contributed by atoms with Gasteiger partial charge < -0.3 is 20.6 Å². The van der Waals surface area contributed by atoms with Gasteiger partial charge in [0.25, 0.3) is 0 Å². The summed E-state index contributed by atoms with van der Waals surface area (Å²) in [5.74, 6) is 0.195. The van der Waals surface area contributed by atoms with Crippen LogP contribution in [0.15, 0.2) is 18.2 Å². The molecule has 2 atom stereocenters. The highest BCUT2D eigenvalue weighted by molar-refractivity contribution is 5.36. The molecule has 0 spiro atoms. The number of benzene rings is 1. The number of hydrogen-bond donors (Lipinski definition) is 4. The van der Waals surface area contributed by atoms with E-state index < -0.39 is 12.2 Å². The highest BCUT2D eigenvalue weighted by atomic mass is 16.3. The van der Waals surface area contributed by atoms with Crippen LogP contribution in [0.1, 0.15) is 23.7 Å². The summed E-state index contributed by atoms with van der Waals surface area (Å²) in [6.07, 6.45) is -1.22. The maximum Gasteiger partial charge on any atom is 0.118 e. The van der Waals surface area contributed by atoms with Gasteiger partial charge in [-0.2, -0.15) is 0 Å². The van der Waals surface area contributed by atoms with Gasteiger partial charge in [-0.05, 0) is 50.2 Å². The maximum atomic E-state index is 9.87. The van der Waals surface area contributed by atoms with E-state index in [0.717, 1.165) is 0 Å². The lowest BCUT2D eigenvalue weighted by molar-refractivity contribution is 0.0140. The predicted molar refractivity (Wildman–Crippen MR) is 62.4 cm³/mol. The zero-order valence-electron chi connectivity index (χ0n) is 9.64. The summed E-state index contributed by atoms with van der Waals surface area (Å²) in [5.41, 5.74) is 1.32. The van der Waals surface area contributed by atoms with E-state index in [2.05, 4.69) is 5.32 Å². The van der Waals surface area contributed by atoms with E-state index in [0.29, 0.717) is 24.1 Å². The van der Waals surface area contributed by atoms with E-state index in [-0.39, 0.29) is 5.75 Å². The van der Waals surface area contributed by atoms with Crippen LogP contribution >= 0.6 is 0 Å². The van der Waals surface area contributed by atoms with Gasteiger partial charge >= 0.3 is 0 Å². The van der Waals surface area contributed by atoms with Crippen molar-refractivity contribution < 1.29 is 15.3 Å². The minimum Gasteiger partial charge on any atom is -0.508 e. The van der Waals surface area contributed by atoms with E-state index in [1.54, 1.807) is 26.1 Å². The van der Waals surface area contributed by atoms with Gasteiger partial charge in [0.15, 0.2) is 0 Å². The molecule has 2 unspecified atom stereocenters. The van der Waals surface area contributed by atoms with Crippen molar-refractivity contribution in [1.29, 1.82) is 0 Å². The smallest absolute Gasteiger partial charge is 0.118 e. The molecule has 0 aromatic heterocycles. The SMILES string of the molecule is CNCCC(O)C(O)c1ccc(O)c(C)c1. The second-order valence-corrected chi connectivity index (χ2v) is 3.95. The molecule has 0 aliphatic carbocycles. The number of aryl methyl sites for hydroxylation is 1. The summed E-state index contributed by atoms with van der Waals surface area (Å²) in [7, 11) is 1.80. The van der Waals surface area contributed by atoms with Gasteiger partial charge in [0, 0.05) is 0 Å². The minimum atomic E-state index is -0.910. The Morgan fingerprint density at radius 2 is 2.00 bits per heavy atom. The average Bonchev–Trinajstić information content (AvgIpc) is 2.28. The van der Waals surface area contributed by atoms with Crippen molar-refractivity contribution in [3.63, 3.8) is 0 Å². The van der Waals surface area contributed by atoms with E-state index in [9.17, 15) is 15.3 Å². The van der Waals surface area contributed by atoms with Gasteiger partial charge in [-0.1, -0.05) is 6.07 Å². The summed E-state index contributed by atoms with van der Waals surface area (Å²) in [5, 5.41) is 31.8. The molecule has 0 heterocycles. The highest BCUT2D eigenvalue weighted by Gasteiger charge is 2.18. The van der Waals surface area contributed by atoms with Crippen molar-refractivity contribution in [3.8, 4) is 5.75 Å². The molecule has 1 aromatic rings. The number of aromatic hydroxyl groups is 1. The number of nitrogens with one attached hydrogen (secondary N) is 1. The van der Waals surface area contributed by atoms with Gasteiger partial charge in [0.1, 0.15) is 11.9 Å². The molecule has 1 aromatic carbocycles. The van der Waals surface area contributed by atoms with Gasteiger partial charge in [0.2, 0.25) is 0 Å². The molecule has 16 heavy (non-hydrogen) atoms. The summed E-state index contributed by atoms with van der Waals surface area (Å²) >= 11 is 0. The van der Waals surface area contributed by atoms with Crippen molar-refractivity contribution in [1.82, 2.24) is 5.32 Å². The molecule has 0 aliphatic heterocycles. The lowest BCUT2D eigenvalue weighted by atomic mass is 10.00. The third-order valence-corrected chi connectivity index (χ3v) is 2.62. The zero-order chi connectivity index (χ0) is 12.1. The molecule has 0 saturated carbocycles. The first-order valence-corrected chi connectivity index (χ1v) is 5.36. The van der Waals surface area contributed by atoms with E-state index in [1.165, 1.54) is 6.07 Å². The van der Waals surface area contributed by atoms with Crippen LogP contribution in [0.2, 0.25) is 0 Å². The second-order valence-electron chi connectivity index (χ2n) is 3.95. The van der Waals surface area contributed by atoms with Crippen molar-refractivity contribution >= 4 is 0 Å². The zero-order valence-corrected chi connectivity index (χ0v) is 9.64. The van der Waals surface area contributed by atoms with Crippen LogP contribution in [0.3, 0.4) is 0 Å². The van der Waals surface area contributed by atoms with Crippen molar-refractivity contribution in [2.45, 2.75) is 25.6 Å². The standard InChI is InChI=1S/C12H19NO3/c1-8-7-9(3-4-10(8)14)12(16)11(15)5-6-13-2/h3-4,7,11-16H,5-6H2,1-2H3. The summed E-state index contributed by atoms with van der Waals surface area (Å²) < 4.78 is 0. The Hall–Kier alpha value is -1.10. The largest absolute Gasteiger partial charge is 0.508 e. The third kappa shape index (κ3) is 3.20. The lowest BCUT2D eigenvalue weighted by Crippen LogP contribution is -2.23. The van der Waals surface area contributed by atoms with Gasteiger partial charge in [-0.15, -0.1) is 0 Å². The molecular formula is C12H19NO3. The predicted octanol–water partition coefficient (Wildman–Crippen LogP) is 0.704. The topological polar surface area (TPSA) is 72.7 Å². The third-order valence-electron chi connectivity index (χ3n) is 2.62. The van der Waals surface area contributed by atoms with Crippen molar-refractivity contribution in [2.75, 3.05) is 13.6 Å². The van der Waals surface area contributed by atoms with Crippen LogP contribution in [0.5, 0.6) is 5.75 Å². The van der Waals surface area contributed by atoms with E-state index >= 15 is 0 Å². The molecule has 0 radical (unpaired) electrons. The molecule has 90 valence electrons. The molecule has 0 aliphatic rings. The quantitative estimate of drug-likeness (QED) is 0.595. The Balaban J connectivity index is 2.71. The fraction of sp³-hybridized carbons (Fsp3) is 0.500. The first kappa shape index (κ1) is 13.0. The van der Waals surface area contributed by atoms with Crippen molar-refractivity contribution in [2.24, 2.45) is 0 Å². The van der Waals surface area contributed by atoms with Gasteiger partial charge in [-0.3, -0.25) is 0 Å². The summed E-state index contributed by atoms with van der Waals surface area (Å²) in [4.78, 5) is 0. The monoisotopic (exact) mass is 225 g/mol. The first-order chi connectivity index (χ1) is 7.56. The molecular weight excluding hydrogens is 206 g/mol. The van der Waals surface area contributed by atoms with E-state index in [1.807, 2.05) is 0 Å².